The van der Waals surface area contributed by atoms with Crippen LogP contribution in [0.15, 0.2) is 89.8 Å². The standard InChI is InChI=1S/C29H26N2O2S/c1-21-25(24-16-8-9-17-26(24)31(21)20-23-13-6-3-7-14-23)19-27-28(32)30(29(33)34-27)18-10-15-22-11-4-2-5-12-22/h2-9,11-14,16-17,19H,10,15,18,20H2,1H3/b27-19+. The molecule has 0 unspecified atom stereocenters. The maximum Gasteiger partial charge on any atom is 0.293 e. The Morgan fingerprint density at radius 1 is 0.824 bits per heavy atom. The topological polar surface area (TPSA) is 42.3 Å². The summed E-state index contributed by atoms with van der Waals surface area (Å²) in [6.45, 7) is 3.27. The lowest BCUT2D eigenvalue weighted by atomic mass is 10.1. The Morgan fingerprint density at radius 3 is 2.21 bits per heavy atom. The first-order chi connectivity index (χ1) is 16.6. The highest BCUT2D eigenvalue weighted by atomic mass is 32.2. The highest BCUT2D eigenvalue weighted by molar-refractivity contribution is 8.18. The highest BCUT2D eigenvalue weighted by Crippen LogP contribution is 2.36. The number of aromatic nitrogens is 1. The van der Waals surface area contributed by atoms with E-state index in [1.165, 1.54) is 16.0 Å². The molecular formula is C29H26N2O2S. The number of aryl methyl sites for hydroxylation is 1. The average molecular weight is 467 g/mol. The lowest BCUT2D eigenvalue weighted by Gasteiger charge is -2.12. The zero-order valence-electron chi connectivity index (χ0n) is 19.1. The van der Waals surface area contributed by atoms with Gasteiger partial charge in [0.2, 0.25) is 0 Å². The van der Waals surface area contributed by atoms with Gasteiger partial charge in [0.15, 0.2) is 0 Å². The molecule has 0 bridgehead atoms. The highest BCUT2D eigenvalue weighted by Gasteiger charge is 2.35. The van der Waals surface area contributed by atoms with Gasteiger partial charge in [0.1, 0.15) is 0 Å². The van der Waals surface area contributed by atoms with Crippen LogP contribution in [0.1, 0.15) is 28.8 Å². The van der Waals surface area contributed by atoms with Crippen LogP contribution >= 0.6 is 11.8 Å². The lowest BCUT2D eigenvalue weighted by Crippen LogP contribution is -2.29. The summed E-state index contributed by atoms with van der Waals surface area (Å²) in [6, 6.07) is 28.7. The molecule has 2 amide bonds. The Labute approximate surface area is 203 Å². The Balaban J connectivity index is 1.40. The minimum Gasteiger partial charge on any atom is -0.340 e. The Kier molecular flexibility index (Phi) is 6.37. The number of hydrogen-bond donors (Lipinski definition) is 0. The summed E-state index contributed by atoms with van der Waals surface area (Å²) < 4.78 is 2.28. The van der Waals surface area contributed by atoms with Crippen molar-refractivity contribution in [1.82, 2.24) is 9.47 Å². The van der Waals surface area contributed by atoms with Gasteiger partial charge in [-0.15, -0.1) is 0 Å². The first-order valence-electron chi connectivity index (χ1n) is 11.5. The molecule has 3 aromatic carbocycles. The van der Waals surface area contributed by atoms with E-state index in [-0.39, 0.29) is 11.1 Å². The van der Waals surface area contributed by atoms with Crippen LogP contribution in [-0.2, 0) is 17.8 Å². The molecule has 0 radical (unpaired) electrons. The summed E-state index contributed by atoms with van der Waals surface area (Å²) in [6.07, 6.45) is 3.50. The van der Waals surface area contributed by atoms with Crippen molar-refractivity contribution in [2.75, 3.05) is 6.54 Å². The van der Waals surface area contributed by atoms with Crippen molar-refractivity contribution in [3.05, 3.63) is 112 Å². The molecule has 170 valence electrons. The van der Waals surface area contributed by atoms with Crippen molar-refractivity contribution < 1.29 is 9.59 Å². The van der Waals surface area contributed by atoms with Crippen LogP contribution in [0.3, 0.4) is 0 Å². The van der Waals surface area contributed by atoms with Crippen molar-refractivity contribution >= 4 is 39.9 Å². The van der Waals surface area contributed by atoms with Crippen LogP contribution in [0, 0.1) is 6.92 Å². The van der Waals surface area contributed by atoms with Gasteiger partial charge in [-0.1, -0.05) is 78.9 Å². The monoisotopic (exact) mass is 466 g/mol. The third-order valence-electron chi connectivity index (χ3n) is 6.30. The van der Waals surface area contributed by atoms with E-state index >= 15 is 0 Å². The van der Waals surface area contributed by atoms with Crippen molar-refractivity contribution in [1.29, 1.82) is 0 Å². The van der Waals surface area contributed by atoms with Crippen molar-refractivity contribution in [2.24, 2.45) is 0 Å². The molecule has 1 aliphatic heterocycles. The molecule has 0 atom stereocenters. The number of amides is 2. The first-order valence-corrected chi connectivity index (χ1v) is 12.3. The molecule has 0 spiro atoms. The van der Waals surface area contributed by atoms with E-state index in [1.54, 1.807) is 0 Å². The summed E-state index contributed by atoms with van der Waals surface area (Å²) in [4.78, 5) is 27.6. The molecule has 0 N–H and O–H groups in total. The summed E-state index contributed by atoms with van der Waals surface area (Å²) >= 11 is 1.04. The number of rotatable bonds is 7. The molecule has 34 heavy (non-hydrogen) atoms. The fourth-order valence-corrected chi connectivity index (χ4v) is 5.37. The number of fused-ring (bicyclic) bond motifs is 1. The summed E-state index contributed by atoms with van der Waals surface area (Å²) in [7, 11) is 0. The van der Waals surface area contributed by atoms with Gasteiger partial charge in [-0.25, -0.2) is 0 Å². The minimum atomic E-state index is -0.192. The van der Waals surface area contributed by atoms with Crippen LogP contribution in [0.5, 0.6) is 0 Å². The lowest BCUT2D eigenvalue weighted by molar-refractivity contribution is -0.122. The van der Waals surface area contributed by atoms with Crippen molar-refractivity contribution in [3.8, 4) is 0 Å². The van der Waals surface area contributed by atoms with Crippen molar-refractivity contribution in [3.63, 3.8) is 0 Å². The molecule has 1 fully saturated rings. The number of hydrogen-bond acceptors (Lipinski definition) is 3. The van der Waals surface area contributed by atoms with Gasteiger partial charge in [0.25, 0.3) is 11.1 Å². The van der Waals surface area contributed by atoms with Crippen LogP contribution in [-0.4, -0.2) is 27.2 Å². The zero-order chi connectivity index (χ0) is 23.5. The van der Waals surface area contributed by atoms with E-state index in [4.69, 9.17) is 0 Å². The molecule has 1 aliphatic rings. The SMILES string of the molecule is Cc1c(/C=C2/SC(=O)N(CCCc3ccccc3)C2=O)c2ccccc2n1Cc1ccccc1. The number of carbonyl (C=O) groups is 2. The number of imide groups is 1. The smallest absolute Gasteiger partial charge is 0.293 e. The summed E-state index contributed by atoms with van der Waals surface area (Å²) in [5.41, 5.74) is 5.64. The molecule has 0 aliphatic carbocycles. The molecule has 2 heterocycles. The van der Waals surface area contributed by atoms with Gasteiger partial charge in [-0.2, -0.15) is 0 Å². The van der Waals surface area contributed by atoms with Gasteiger partial charge < -0.3 is 4.57 Å². The van der Waals surface area contributed by atoms with Crippen LogP contribution < -0.4 is 0 Å². The predicted octanol–water partition coefficient (Wildman–Crippen LogP) is 6.67. The minimum absolute atomic E-state index is 0.185. The molecule has 1 aromatic heterocycles. The van der Waals surface area contributed by atoms with E-state index in [0.717, 1.165) is 53.3 Å². The fourth-order valence-electron chi connectivity index (χ4n) is 4.52. The van der Waals surface area contributed by atoms with E-state index in [9.17, 15) is 9.59 Å². The first kappa shape index (κ1) is 22.2. The normalized spacial score (nSPS) is 15.1. The largest absolute Gasteiger partial charge is 0.340 e. The summed E-state index contributed by atoms with van der Waals surface area (Å²) in [5.74, 6) is -0.192. The number of para-hydroxylation sites is 1. The molecular weight excluding hydrogens is 440 g/mol. The van der Waals surface area contributed by atoms with E-state index in [0.29, 0.717) is 11.4 Å². The van der Waals surface area contributed by atoms with E-state index < -0.39 is 0 Å². The Hall–Kier alpha value is -3.57. The second-order valence-corrected chi connectivity index (χ2v) is 9.50. The van der Waals surface area contributed by atoms with Crippen LogP contribution in [0.25, 0.3) is 17.0 Å². The van der Waals surface area contributed by atoms with Gasteiger partial charge in [0.05, 0.1) is 4.91 Å². The Morgan fingerprint density at radius 2 is 1.47 bits per heavy atom. The van der Waals surface area contributed by atoms with Crippen LogP contribution in [0.2, 0.25) is 0 Å². The quantitative estimate of drug-likeness (QED) is 0.286. The van der Waals surface area contributed by atoms with Gasteiger partial charge in [-0.3, -0.25) is 14.5 Å². The fraction of sp³-hybridized carbons (Fsp3) is 0.172. The third-order valence-corrected chi connectivity index (χ3v) is 7.21. The maximum atomic E-state index is 13.1. The number of carbonyl (C=O) groups excluding carboxylic acids is 2. The third kappa shape index (κ3) is 4.44. The molecule has 4 nitrogen and oxygen atoms in total. The summed E-state index contributed by atoms with van der Waals surface area (Å²) in [5, 5.41) is 0.904. The predicted molar refractivity (Wildman–Crippen MR) is 140 cm³/mol. The number of benzene rings is 3. The van der Waals surface area contributed by atoms with Gasteiger partial charge in [0, 0.05) is 35.2 Å². The van der Waals surface area contributed by atoms with E-state index in [2.05, 4.69) is 47.9 Å². The molecule has 5 rings (SSSR count). The van der Waals surface area contributed by atoms with Crippen LogP contribution in [0.4, 0.5) is 4.79 Å². The second kappa shape index (κ2) is 9.74. The Bertz CT molecular complexity index is 1370. The van der Waals surface area contributed by atoms with Crippen molar-refractivity contribution in [2.45, 2.75) is 26.3 Å². The second-order valence-electron chi connectivity index (χ2n) is 8.51. The molecule has 4 aromatic rings. The molecule has 1 saturated heterocycles. The van der Waals surface area contributed by atoms with Gasteiger partial charge in [-0.05, 0) is 54.8 Å². The zero-order valence-corrected chi connectivity index (χ0v) is 19.9. The maximum absolute atomic E-state index is 13.1. The number of thioether (sulfide) groups is 1. The molecule has 0 saturated carbocycles. The average Bonchev–Trinajstić information content (AvgIpc) is 3.28. The molecule has 5 heteroatoms. The van der Waals surface area contributed by atoms with Gasteiger partial charge >= 0.3 is 0 Å². The van der Waals surface area contributed by atoms with E-state index in [1.807, 2.05) is 54.6 Å². The number of nitrogens with zero attached hydrogens (tertiary/aromatic N) is 2.